The molecule has 1 aromatic carbocycles. The van der Waals surface area contributed by atoms with Crippen LogP contribution in [0.4, 0.5) is 11.5 Å². The van der Waals surface area contributed by atoms with E-state index in [1.807, 2.05) is 36.4 Å². The van der Waals surface area contributed by atoms with Crippen molar-refractivity contribution in [3.8, 4) is 11.5 Å². The molecule has 0 unspecified atom stereocenters. The molecule has 0 spiro atoms. The van der Waals surface area contributed by atoms with Crippen LogP contribution in [0, 0.1) is 5.92 Å². The summed E-state index contributed by atoms with van der Waals surface area (Å²) in [7, 11) is 0. The van der Waals surface area contributed by atoms with E-state index in [1.165, 1.54) is 18.4 Å². The molecule has 1 aliphatic rings. The van der Waals surface area contributed by atoms with Crippen LogP contribution in [0.15, 0.2) is 59.2 Å². The van der Waals surface area contributed by atoms with Crippen molar-refractivity contribution in [2.75, 3.05) is 23.3 Å². The molecular weight excluding hydrogens is 376 g/mol. The van der Waals surface area contributed by atoms with Gasteiger partial charge in [0.1, 0.15) is 5.69 Å². The first-order valence-electron chi connectivity index (χ1n) is 10.8. The molecule has 1 N–H and O–H groups in total. The molecule has 1 fully saturated rings. The van der Waals surface area contributed by atoms with Crippen molar-refractivity contribution in [2.24, 2.45) is 5.92 Å². The summed E-state index contributed by atoms with van der Waals surface area (Å²) in [6, 6.07) is 15.8. The normalized spacial score (nSPS) is 14.6. The molecule has 30 heavy (non-hydrogen) atoms. The van der Waals surface area contributed by atoms with Crippen LogP contribution in [0.5, 0.6) is 0 Å². The third kappa shape index (κ3) is 4.87. The third-order valence-electron chi connectivity index (χ3n) is 5.65. The van der Waals surface area contributed by atoms with E-state index in [4.69, 9.17) is 4.42 Å². The average Bonchev–Trinajstić information content (AvgIpc) is 3.34. The Morgan fingerprint density at radius 3 is 2.53 bits per heavy atom. The van der Waals surface area contributed by atoms with Crippen LogP contribution in [0.3, 0.4) is 0 Å². The maximum Gasteiger partial charge on any atom is 0.227 e. The van der Waals surface area contributed by atoms with Crippen LogP contribution in [0.1, 0.15) is 38.2 Å². The number of carbonyl (C=O) groups excluding carboxylic acids is 1. The molecule has 4 rings (SSSR count). The van der Waals surface area contributed by atoms with Gasteiger partial charge in [-0.05, 0) is 67.6 Å². The van der Waals surface area contributed by atoms with Crippen LogP contribution in [0.2, 0.25) is 0 Å². The van der Waals surface area contributed by atoms with Crippen LogP contribution >= 0.6 is 0 Å². The highest BCUT2D eigenvalue weighted by Gasteiger charge is 2.26. The Hall–Kier alpha value is -3.15. The minimum absolute atomic E-state index is 0.0244. The lowest BCUT2D eigenvalue weighted by Gasteiger charge is -2.31. The molecule has 1 aliphatic heterocycles. The first-order chi connectivity index (χ1) is 14.7. The second-order valence-corrected chi connectivity index (χ2v) is 7.81. The van der Waals surface area contributed by atoms with E-state index in [-0.39, 0.29) is 11.8 Å². The summed E-state index contributed by atoms with van der Waals surface area (Å²) in [4.78, 5) is 14.9. The summed E-state index contributed by atoms with van der Waals surface area (Å²) in [5.74, 6) is 1.68. The molecule has 0 aliphatic carbocycles. The van der Waals surface area contributed by atoms with Crippen molar-refractivity contribution in [1.82, 2.24) is 10.2 Å². The van der Waals surface area contributed by atoms with Gasteiger partial charge in [-0.25, -0.2) is 0 Å². The van der Waals surface area contributed by atoms with Gasteiger partial charge in [0.05, 0.1) is 6.26 Å². The lowest BCUT2D eigenvalue weighted by atomic mass is 9.95. The van der Waals surface area contributed by atoms with Gasteiger partial charge < -0.3 is 14.6 Å². The van der Waals surface area contributed by atoms with E-state index in [9.17, 15) is 4.79 Å². The fourth-order valence-corrected chi connectivity index (χ4v) is 3.80. The largest absolute Gasteiger partial charge is 0.463 e. The number of rotatable bonds is 7. The number of furan rings is 1. The lowest BCUT2D eigenvalue weighted by Crippen LogP contribution is -2.38. The third-order valence-corrected chi connectivity index (χ3v) is 5.65. The predicted octanol–water partition coefficient (Wildman–Crippen LogP) is 4.93. The van der Waals surface area contributed by atoms with Gasteiger partial charge >= 0.3 is 0 Å². The zero-order valence-corrected chi connectivity index (χ0v) is 17.4. The van der Waals surface area contributed by atoms with Gasteiger partial charge in [0.25, 0.3) is 0 Å². The number of hydrogen-bond donors (Lipinski definition) is 1. The Morgan fingerprint density at radius 1 is 1.10 bits per heavy atom. The topological polar surface area (TPSA) is 71.3 Å². The van der Waals surface area contributed by atoms with Crippen molar-refractivity contribution < 1.29 is 9.21 Å². The molecule has 1 amide bonds. The summed E-state index contributed by atoms with van der Waals surface area (Å²) in [5, 5.41) is 11.7. The van der Waals surface area contributed by atoms with E-state index >= 15 is 0 Å². The maximum absolute atomic E-state index is 12.7. The smallest absolute Gasteiger partial charge is 0.227 e. The van der Waals surface area contributed by atoms with Crippen LogP contribution in [-0.2, 0) is 11.2 Å². The Labute approximate surface area is 177 Å². The van der Waals surface area contributed by atoms with Crippen LogP contribution < -0.4 is 10.2 Å². The summed E-state index contributed by atoms with van der Waals surface area (Å²) in [5.41, 5.74) is 2.92. The molecule has 0 radical (unpaired) electrons. The van der Waals surface area contributed by atoms with Crippen LogP contribution in [-0.4, -0.2) is 29.2 Å². The minimum Gasteiger partial charge on any atom is -0.463 e. The molecule has 2 aromatic heterocycles. The van der Waals surface area contributed by atoms with Gasteiger partial charge in [-0.15, -0.1) is 10.2 Å². The molecule has 156 valence electrons. The summed E-state index contributed by atoms with van der Waals surface area (Å²) in [6.45, 7) is 3.79. The van der Waals surface area contributed by atoms with E-state index in [2.05, 4.69) is 39.5 Å². The van der Waals surface area contributed by atoms with Gasteiger partial charge in [0.2, 0.25) is 5.91 Å². The van der Waals surface area contributed by atoms with E-state index in [1.54, 1.807) is 6.26 Å². The molecule has 3 aromatic rings. The van der Waals surface area contributed by atoms with Gasteiger partial charge in [-0.2, -0.15) is 0 Å². The number of anilines is 2. The Balaban J connectivity index is 1.28. The molecule has 0 saturated carbocycles. The first kappa shape index (κ1) is 20.1. The van der Waals surface area contributed by atoms with Gasteiger partial charge in [0, 0.05) is 24.7 Å². The summed E-state index contributed by atoms with van der Waals surface area (Å²) in [6.07, 6.45) is 6.72. The maximum atomic E-state index is 12.7. The predicted molar refractivity (Wildman–Crippen MR) is 118 cm³/mol. The van der Waals surface area contributed by atoms with E-state index in [0.29, 0.717) is 5.76 Å². The SMILES string of the molecule is CCCCc1ccc(NC(=O)C2CCN(c3ccc(-c4ccco4)nn3)CC2)cc1. The first-order valence-corrected chi connectivity index (χ1v) is 10.8. The van der Waals surface area contributed by atoms with Crippen LogP contribution in [0.25, 0.3) is 11.5 Å². The van der Waals surface area contributed by atoms with E-state index in [0.717, 1.165) is 49.6 Å². The van der Waals surface area contributed by atoms with Crippen molar-refractivity contribution in [2.45, 2.75) is 39.0 Å². The number of aromatic nitrogens is 2. The monoisotopic (exact) mass is 404 g/mol. The average molecular weight is 405 g/mol. The fraction of sp³-hybridized carbons (Fsp3) is 0.375. The zero-order valence-electron chi connectivity index (χ0n) is 17.4. The Morgan fingerprint density at radius 2 is 1.90 bits per heavy atom. The molecule has 0 bridgehead atoms. The second kappa shape index (κ2) is 9.57. The highest BCUT2D eigenvalue weighted by atomic mass is 16.3. The lowest BCUT2D eigenvalue weighted by molar-refractivity contribution is -0.120. The standard InChI is InChI=1S/C24H28N4O2/c1-2-3-5-18-7-9-20(10-8-18)25-24(29)19-13-15-28(16-14-19)23-12-11-21(26-27-23)22-6-4-17-30-22/h4,6-12,17,19H,2-3,5,13-16H2,1H3,(H,25,29). The van der Waals surface area contributed by atoms with Crippen molar-refractivity contribution in [3.63, 3.8) is 0 Å². The van der Waals surface area contributed by atoms with E-state index < -0.39 is 0 Å². The molecule has 0 atom stereocenters. The van der Waals surface area contributed by atoms with Crippen molar-refractivity contribution >= 4 is 17.4 Å². The number of amides is 1. The second-order valence-electron chi connectivity index (χ2n) is 7.81. The highest BCUT2D eigenvalue weighted by molar-refractivity contribution is 5.92. The number of hydrogen-bond acceptors (Lipinski definition) is 5. The molecule has 6 nitrogen and oxygen atoms in total. The van der Waals surface area contributed by atoms with Gasteiger partial charge in [-0.3, -0.25) is 4.79 Å². The molecule has 1 saturated heterocycles. The summed E-state index contributed by atoms with van der Waals surface area (Å²) < 4.78 is 5.36. The number of unbranched alkanes of at least 4 members (excludes halogenated alkanes) is 1. The zero-order chi connectivity index (χ0) is 20.8. The Kier molecular flexibility index (Phi) is 6.42. The number of piperidine rings is 1. The highest BCUT2D eigenvalue weighted by Crippen LogP contribution is 2.24. The minimum atomic E-state index is 0.0244. The molecule has 6 heteroatoms. The molecule has 3 heterocycles. The Bertz CT molecular complexity index is 928. The quantitative estimate of drug-likeness (QED) is 0.604. The number of benzene rings is 1. The number of carbonyl (C=O) groups is 1. The molecular formula is C24H28N4O2. The number of aryl methyl sites for hydroxylation is 1. The van der Waals surface area contributed by atoms with Gasteiger partial charge in [-0.1, -0.05) is 25.5 Å². The number of nitrogens with one attached hydrogen (secondary N) is 1. The van der Waals surface area contributed by atoms with Crippen molar-refractivity contribution in [1.29, 1.82) is 0 Å². The fourth-order valence-electron chi connectivity index (χ4n) is 3.80. The number of nitrogens with zero attached hydrogens (tertiary/aromatic N) is 3. The van der Waals surface area contributed by atoms with Crippen molar-refractivity contribution in [3.05, 3.63) is 60.4 Å². The van der Waals surface area contributed by atoms with Gasteiger partial charge in [0.15, 0.2) is 11.6 Å². The summed E-state index contributed by atoms with van der Waals surface area (Å²) >= 11 is 0.